The zero-order chi connectivity index (χ0) is 12.8. The van der Waals surface area contributed by atoms with E-state index in [1.165, 1.54) is 11.1 Å². The largest absolute Gasteiger partial charge is 0.508 e. The van der Waals surface area contributed by atoms with Crippen LogP contribution in [-0.2, 0) is 11.8 Å². The van der Waals surface area contributed by atoms with Crippen molar-refractivity contribution >= 4 is 5.71 Å². The van der Waals surface area contributed by atoms with Gasteiger partial charge in [0.1, 0.15) is 5.75 Å². The Balaban J connectivity index is 2.02. The molecule has 0 heterocycles. The highest BCUT2D eigenvalue weighted by atomic mass is 16.4. The van der Waals surface area contributed by atoms with Gasteiger partial charge in [-0.15, -0.1) is 0 Å². The number of oxime groups is 1. The monoisotopic (exact) mass is 245 g/mol. The first-order valence-electron chi connectivity index (χ1n) is 6.65. The van der Waals surface area contributed by atoms with Gasteiger partial charge in [0.05, 0.1) is 5.71 Å². The molecular weight excluding hydrogens is 226 g/mol. The number of aromatic hydroxyl groups is 1. The molecule has 2 atom stereocenters. The topological polar surface area (TPSA) is 52.8 Å². The minimum absolute atomic E-state index is 0.176. The van der Waals surface area contributed by atoms with E-state index in [2.05, 4.69) is 18.1 Å². The summed E-state index contributed by atoms with van der Waals surface area (Å²) in [6.07, 6.45) is 4.96. The molecule has 0 aromatic heterocycles. The van der Waals surface area contributed by atoms with E-state index >= 15 is 0 Å². The second-order valence-electron chi connectivity index (χ2n) is 5.86. The first kappa shape index (κ1) is 11.6. The van der Waals surface area contributed by atoms with Gasteiger partial charge in [0.15, 0.2) is 0 Å². The van der Waals surface area contributed by atoms with Crippen molar-refractivity contribution < 1.29 is 10.3 Å². The Morgan fingerprint density at radius 1 is 1.33 bits per heavy atom. The van der Waals surface area contributed by atoms with E-state index < -0.39 is 0 Å². The maximum atomic E-state index is 9.60. The normalized spacial score (nSPS) is 32.9. The molecule has 0 spiro atoms. The van der Waals surface area contributed by atoms with Crippen LogP contribution in [0.4, 0.5) is 0 Å². The molecule has 2 aliphatic carbocycles. The second-order valence-corrected chi connectivity index (χ2v) is 5.86. The van der Waals surface area contributed by atoms with Crippen molar-refractivity contribution in [3.05, 3.63) is 29.3 Å². The van der Waals surface area contributed by atoms with Gasteiger partial charge in [0, 0.05) is 0 Å². The molecular formula is C15H19NO2. The van der Waals surface area contributed by atoms with Gasteiger partial charge >= 0.3 is 0 Å². The average molecular weight is 245 g/mol. The number of fused-ring (bicyclic) bond motifs is 3. The van der Waals surface area contributed by atoms with Gasteiger partial charge < -0.3 is 10.3 Å². The maximum Gasteiger partial charge on any atom is 0.115 e. The van der Waals surface area contributed by atoms with Gasteiger partial charge in [-0.25, -0.2) is 0 Å². The van der Waals surface area contributed by atoms with E-state index in [1.807, 2.05) is 6.07 Å². The van der Waals surface area contributed by atoms with Gasteiger partial charge in [-0.2, -0.15) is 0 Å². The summed E-state index contributed by atoms with van der Waals surface area (Å²) in [6.45, 7) is 2.32. The fourth-order valence-corrected chi connectivity index (χ4v) is 3.76. The van der Waals surface area contributed by atoms with Crippen molar-refractivity contribution in [3.63, 3.8) is 0 Å². The molecule has 3 rings (SSSR count). The van der Waals surface area contributed by atoms with Crippen molar-refractivity contribution in [2.75, 3.05) is 0 Å². The van der Waals surface area contributed by atoms with Crippen LogP contribution in [0.5, 0.6) is 5.75 Å². The maximum absolute atomic E-state index is 9.60. The minimum Gasteiger partial charge on any atom is -0.508 e. The van der Waals surface area contributed by atoms with Crippen LogP contribution in [0.1, 0.15) is 43.7 Å². The number of phenols is 1. The summed E-state index contributed by atoms with van der Waals surface area (Å²) in [5.74, 6) is 0.929. The molecule has 1 fully saturated rings. The van der Waals surface area contributed by atoms with E-state index in [0.717, 1.165) is 37.8 Å². The lowest BCUT2D eigenvalue weighted by molar-refractivity contribution is 0.223. The third kappa shape index (κ3) is 1.61. The van der Waals surface area contributed by atoms with E-state index in [0.29, 0.717) is 11.7 Å². The summed E-state index contributed by atoms with van der Waals surface area (Å²) in [5, 5.41) is 22.0. The third-order valence-corrected chi connectivity index (χ3v) is 4.92. The molecule has 1 aromatic carbocycles. The van der Waals surface area contributed by atoms with E-state index in [4.69, 9.17) is 5.21 Å². The highest BCUT2D eigenvalue weighted by Crippen LogP contribution is 2.49. The molecule has 3 heteroatoms. The van der Waals surface area contributed by atoms with Gasteiger partial charge in [0.25, 0.3) is 0 Å². The molecule has 2 N–H and O–H groups in total. The third-order valence-electron chi connectivity index (χ3n) is 4.92. The fourth-order valence-electron chi connectivity index (χ4n) is 3.76. The number of phenolic OH excluding ortho intramolecular Hbond substituents is 1. The molecule has 0 aliphatic heterocycles. The molecule has 0 bridgehead atoms. The molecule has 2 aliphatic rings. The summed E-state index contributed by atoms with van der Waals surface area (Å²) in [7, 11) is 0. The molecule has 0 saturated heterocycles. The van der Waals surface area contributed by atoms with Crippen LogP contribution < -0.4 is 0 Å². The van der Waals surface area contributed by atoms with E-state index in [9.17, 15) is 5.11 Å². The summed E-state index contributed by atoms with van der Waals surface area (Å²) in [5.41, 5.74) is 3.79. The number of hydrogen-bond donors (Lipinski definition) is 2. The Kier molecular flexibility index (Phi) is 2.58. The molecule has 1 saturated carbocycles. The standard InChI is InChI=1S/C15H19NO2/c1-15-7-6-12(16-18)9-11(15)3-2-10-8-13(17)4-5-14(10)15/h4-5,8,11,17-18H,2-3,6-7,9H2,1H3/t11-,15-/m1/s1. The van der Waals surface area contributed by atoms with Gasteiger partial charge in [-0.3, -0.25) is 0 Å². The number of benzene rings is 1. The van der Waals surface area contributed by atoms with Crippen LogP contribution in [0, 0.1) is 5.92 Å². The lowest BCUT2D eigenvalue weighted by Crippen LogP contribution is -2.41. The first-order chi connectivity index (χ1) is 8.63. The molecule has 3 nitrogen and oxygen atoms in total. The van der Waals surface area contributed by atoms with Gasteiger partial charge in [0.2, 0.25) is 0 Å². The highest BCUT2D eigenvalue weighted by molar-refractivity contribution is 5.85. The Hall–Kier alpha value is -1.51. The van der Waals surface area contributed by atoms with Crippen LogP contribution in [0.2, 0.25) is 0 Å². The summed E-state index contributed by atoms with van der Waals surface area (Å²) in [6, 6.07) is 5.78. The smallest absolute Gasteiger partial charge is 0.115 e. The minimum atomic E-state index is 0.176. The van der Waals surface area contributed by atoms with Crippen LogP contribution in [-0.4, -0.2) is 16.0 Å². The van der Waals surface area contributed by atoms with Crippen LogP contribution in [0.25, 0.3) is 0 Å². The molecule has 0 radical (unpaired) electrons. The van der Waals surface area contributed by atoms with Crippen LogP contribution in [0.15, 0.2) is 23.4 Å². The predicted molar refractivity (Wildman–Crippen MR) is 70.3 cm³/mol. The van der Waals surface area contributed by atoms with Crippen molar-refractivity contribution in [3.8, 4) is 5.75 Å². The number of rotatable bonds is 0. The summed E-state index contributed by atoms with van der Waals surface area (Å²) in [4.78, 5) is 0. The van der Waals surface area contributed by atoms with Crippen molar-refractivity contribution in [1.82, 2.24) is 0 Å². The Morgan fingerprint density at radius 2 is 2.17 bits per heavy atom. The quantitative estimate of drug-likeness (QED) is 0.544. The zero-order valence-corrected chi connectivity index (χ0v) is 10.7. The zero-order valence-electron chi connectivity index (χ0n) is 10.7. The second kappa shape index (κ2) is 4.01. The van der Waals surface area contributed by atoms with E-state index in [1.54, 1.807) is 6.07 Å². The Morgan fingerprint density at radius 3 is 2.94 bits per heavy atom. The molecule has 0 amide bonds. The van der Waals surface area contributed by atoms with Gasteiger partial charge in [-0.05, 0) is 66.7 Å². The SMILES string of the molecule is C[C@@]12CCC(=NO)C[C@H]1CCc1cc(O)ccc12. The molecule has 1 aromatic rings. The molecule has 18 heavy (non-hydrogen) atoms. The average Bonchev–Trinajstić information content (AvgIpc) is 2.37. The van der Waals surface area contributed by atoms with Crippen LogP contribution >= 0.6 is 0 Å². The Bertz CT molecular complexity index is 509. The predicted octanol–water partition coefficient (Wildman–Crippen LogP) is 3.23. The van der Waals surface area contributed by atoms with Gasteiger partial charge in [-0.1, -0.05) is 18.1 Å². The highest BCUT2D eigenvalue weighted by Gasteiger charge is 2.43. The lowest BCUT2D eigenvalue weighted by atomic mass is 9.58. The number of hydrogen-bond acceptors (Lipinski definition) is 3. The van der Waals surface area contributed by atoms with E-state index in [-0.39, 0.29) is 5.41 Å². The number of nitrogens with zero attached hydrogens (tertiary/aromatic N) is 1. The first-order valence-corrected chi connectivity index (χ1v) is 6.65. The lowest BCUT2D eigenvalue weighted by Gasteiger charge is -2.46. The van der Waals surface area contributed by atoms with Crippen molar-refractivity contribution in [2.24, 2.45) is 11.1 Å². The Labute approximate surface area is 107 Å². The molecule has 0 unspecified atom stereocenters. The van der Waals surface area contributed by atoms with Crippen LogP contribution in [0.3, 0.4) is 0 Å². The molecule has 96 valence electrons. The number of aryl methyl sites for hydroxylation is 1. The summed E-state index contributed by atoms with van der Waals surface area (Å²) >= 11 is 0. The summed E-state index contributed by atoms with van der Waals surface area (Å²) < 4.78 is 0. The van der Waals surface area contributed by atoms with Crippen molar-refractivity contribution in [1.29, 1.82) is 0 Å². The fraction of sp³-hybridized carbons (Fsp3) is 0.533. The van der Waals surface area contributed by atoms with Crippen molar-refractivity contribution in [2.45, 2.75) is 44.4 Å².